The maximum atomic E-state index is 13.2. The van der Waals surface area contributed by atoms with Gasteiger partial charge in [0.05, 0.1) is 4.90 Å². The van der Waals surface area contributed by atoms with Crippen molar-refractivity contribution < 1.29 is 8.42 Å². The highest BCUT2D eigenvalue weighted by molar-refractivity contribution is 7.89. The number of benzene rings is 2. The number of aromatic nitrogens is 1. The molecule has 144 valence electrons. The number of hydrogen-bond acceptors (Lipinski definition) is 4. The summed E-state index contributed by atoms with van der Waals surface area (Å²) in [5.41, 5.74) is 1.18. The molecule has 0 unspecified atom stereocenters. The fraction of sp³-hybridized carbons (Fsp3) is 0.227. The lowest BCUT2D eigenvalue weighted by Crippen LogP contribution is -2.48. The molecule has 0 N–H and O–H groups in total. The number of sulfonamides is 1. The predicted molar refractivity (Wildman–Crippen MR) is 112 cm³/mol. The first-order valence-corrected chi connectivity index (χ1v) is 10.9. The molecular weight excluding hydrogens is 370 g/mol. The molecule has 0 bridgehead atoms. The monoisotopic (exact) mass is 393 g/mol. The molecule has 1 fully saturated rings. The molecule has 0 spiro atoms. The zero-order valence-electron chi connectivity index (χ0n) is 15.6. The summed E-state index contributed by atoms with van der Waals surface area (Å²) in [5.74, 6) is 0. The lowest BCUT2D eigenvalue weighted by atomic mass is 10.2. The molecule has 0 atom stereocenters. The summed E-state index contributed by atoms with van der Waals surface area (Å²) in [7, 11) is -3.51. The first kappa shape index (κ1) is 18.8. The first-order valence-electron chi connectivity index (χ1n) is 9.41. The van der Waals surface area contributed by atoms with E-state index in [0.717, 1.165) is 30.4 Å². The SMILES string of the molecule is O=S(=O)(c1cccc2cnccc12)N1CCN(CC=Cc2ccccc2)CC1. The molecule has 1 aromatic heterocycles. The van der Waals surface area contributed by atoms with Crippen LogP contribution in [-0.4, -0.2) is 55.3 Å². The Balaban J connectivity index is 1.42. The molecule has 3 aromatic rings. The van der Waals surface area contributed by atoms with E-state index >= 15 is 0 Å². The maximum Gasteiger partial charge on any atom is 0.243 e. The van der Waals surface area contributed by atoms with Crippen LogP contribution in [0, 0.1) is 0 Å². The second-order valence-corrected chi connectivity index (χ2v) is 8.78. The van der Waals surface area contributed by atoms with E-state index in [1.54, 1.807) is 34.9 Å². The topological polar surface area (TPSA) is 53.5 Å². The van der Waals surface area contributed by atoms with Crippen LogP contribution in [0.3, 0.4) is 0 Å². The van der Waals surface area contributed by atoms with Gasteiger partial charge in [-0.25, -0.2) is 8.42 Å². The fourth-order valence-electron chi connectivity index (χ4n) is 3.51. The van der Waals surface area contributed by atoms with E-state index in [4.69, 9.17) is 0 Å². The van der Waals surface area contributed by atoms with E-state index in [9.17, 15) is 8.42 Å². The average molecular weight is 394 g/mol. The van der Waals surface area contributed by atoms with Gasteiger partial charge in [0, 0.05) is 55.9 Å². The van der Waals surface area contributed by atoms with Gasteiger partial charge in [0.15, 0.2) is 0 Å². The Morgan fingerprint density at radius 3 is 2.50 bits per heavy atom. The number of piperazine rings is 1. The van der Waals surface area contributed by atoms with Crippen LogP contribution in [0.2, 0.25) is 0 Å². The highest BCUT2D eigenvalue weighted by Gasteiger charge is 2.29. The van der Waals surface area contributed by atoms with Crippen molar-refractivity contribution in [1.82, 2.24) is 14.2 Å². The molecule has 6 heteroatoms. The minimum Gasteiger partial charge on any atom is -0.297 e. The third-order valence-corrected chi connectivity index (χ3v) is 7.02. The molecule has 1 aliphatic rings. The molecule has 5 nitrogen and oxygen atoms in total. The van der Waals surface area contributed by atoms with Gasteiger partial charge in [0.1, 0.15) is 0 Å². The normalized spacial score (nSPS) is 16.7. The highest BCUT2D eigenvalue weighted by Crippen LogP contribution is 2.25. The summed E-state index contributed by atoms with van der Waals surface area (Å²) in [5, 5.41) is 1.57. The van der Waals surface area contributed by atoms with Crippen molar-refractivity contribution in [2.24, 2.45) is 0 Å². The van der Waals surface area contributed by atoms with Gasteiger partial charge < -0.3 is 0 Å². The van der Waals surface area contributed by atoms with Crippen molar-refractivity contribution in [2.75, 3.05) is 32.7 Å². The van der Waals surface area contributed by atoms with Gasteiger partial charge in [-0.05, 0) is 17.7 Å². The molecule has 4 rings (SSSR count). The van der Waals surface area contributed by atoms with Gasteiger partial charge in [0.25, 0.3) is 0 Å². The van der Waals surface area contributed by atoms with Crippen LogP contribution in [0.15, 0.2) is 78.0 Å². The molecule has 2 aromatic carbocycles. The van der Waals surface area contributed by atoms with E-state index in [1.807, 2.05) is 24.3 Å². The molecule has 1 saturated heterocycles. The van der Waals surface area contributed by atoms with E-state index in [0.29, 0.717) is 18.0 Å². The minimum absolute atomic E-state index is 0.366. The van der Waals surface area contributed by atoms with Crippen LogP contribution in [0.5, 0.6) is 0 Å². The predicted octanol–water partition coefficient (Wildman–Crippen LogP) is 3.25. The highest BCUT2D eigenvalue weighted by atomic mass is 32.2. The lowest BCUT2D eigenvalue weighted by molar-refractivity contribution is 0.204. The molecule has 0 aliphatic carbocycles. The van der Waals surface area contributed by atoms with Crippen LogP contribution in [0.1, 0.15) is 5.56 Å². The van der Waals surface area contributed by atoms with Gasteiger partial charge in [-0.15, -0.1) is 0 Å². The van der Waals surface area contributed by atoms with Crippen molar-refractivity contribution >= 4 is 26.9 Å². The van der Waals surface area contributed by atoms with Gasteiger partial charge in [-0.2, -0.15) is 4.31 Å². The quantitative estimate of drug-likeness (QED) is 0.668. The third-order valence-electron chi connectivity index (χ3n) is 5.06. The first-order chi connectivity index (χ1) is 13.6. The zero-order valence-corrected chi connectivity index (χ0v) is 16.4. The minimum atomic E-state index is -3.51. The van der Waals surface area contributed by atoms with Crippen LogP contribution in [-0.2, 0) is 10.0 Å². The molecular formula is C22H23N3O2S. The molecule has 0 amide bonds. The summed E-state index contributed by atoms with van der Waals surface area (Å²) in [6.07, 6.45) is 7.58. The maximum absolute atomic E-state index is 13.2. The van der Waals surface area contributed by atoms with Crippen molar-refractivity contribution in [3.63, 3.8) is 0 Å². The van der Waals surface area contributed by atoms with Crippen LogP contribution in [0.4, 0.5) is 0 Å². The fourth-order valence-corrected chi connectivity index (χ4v) is 5.15. The molecule has 2 heterocycles. The van der Waals surface area contributed by atoms with Gasteiger partial charge in [0.2, 0.25) is 10.0 Å². The smallest absolute Gasteiger partial charge is 0.243 e. The Kier molecular flexibility index (Phi) is 5.52. The van der Waals surface area contributed by atoms with E-state index in [-0.39, 0.29) is 0 Å². The number of nitrogens with zero attached hydrogens (tertiary/aromatic N) is 3. The van der Waals surface area contributed by atoms with Crippen LogP contribution in [0.25, 0.3) is 16.8 Å². The largest absolute Gasteiger partial charge is 0.297 e. The molecule has 1 aliphatic heterocycles. The van der Waals surface area contributed by atoms with Gasteiger partial charge in [-0.3, -0.25) is 9.88 Å². The summed E-state index contributed by atoms with van der Waals surface area (Å²) in [4.78, 5) is 6.73. The summed E-state index contributed by atoms with van der Waals surface area (Å²) < 4.78 is 28.0. The average Bonchev–Trinajstić information content (AvgIpc) is 2.74. The van der Waals surface area contributed by atoms with Gasteiger partial charge in [-0.1, -0.05) is 54.6 Å². The second kappa shape index (κ2) is 8.22. The Hall–Kier alpha value is -2.54. The van der Waals surface area contributed by atoms with E-state index < -0.39 is 10.0 Å². The van der Waals surface area contributed by atoms with Crippen molar-refractivity contribution in [3.05, 3.63) is 78.6 Å². The number of hydrogen-bond donors (Lipinski definition) is 0. The number of rotatable bonds is 5. The Morgan fingerprint density at radius 1 is 0.929 bits per heavy atom. The lowest BCUT2D eigenvalue weighted by Gasteiger charge is -2.33. The second-order valence-electron chi connectivity index (χ2n) is 6.87. The summed E-state index contributed by atoms with van der Waals surface area (Å²) in [6.45, 7) is 3.28. The summed E-state index contributed by atoms with van der Waals surface area (Å²) in [6, 6.07) is 17.3. The molecule has 28 heavy (non-hydrogen) atoms. The standard InChI is InChI=1S/C22H23N3O2S/c26-28(27,22-10-4-9-20-18-23-12-11-21(20)22)25-16-14-24(15-17-25)13-5-8-19-6-2-1-3-7-19/h1-12,18H,13-17H2. The van der Waals surface area contributed by atoms with E-state index in [2.05, 4.69) is 34.2 Å². The Labute approximate surface area is 166 Å². The Bertz CT molecular complexity index is 1070. The van der Waals surface area contributed by atoms with Crippen LogP contribution >= 0.6 is 0 Å². The van der Waals surface area contributed by atoms with Crippen LogP contribution < -0.4 is 0 Å². The third kappa shape index (κ3) is 3.99. The van der Waals surface area contributed by atoms with Crippen molar-refractivity contribution in [1.29, 1.82) is 0 Å². The molecule has 0 saturated carbocycles. The molecule has 0 radical (unpaired) electrons. The number of pyridine rings is 1. The number of fused-ring (bicyclic) bond motifs is 1. The Morgan fingerprint density at radius 2 is 1.71 bits per heavy atom. The van der Waals surface area contributed by atoms with E-state index in [1.165, 1.54) is 5.56 Å². The summed E-state index contributed by atoms with van der Waals surface area (Å²) >= 11 is 0. The van der Waals surface area contributed by atoms with Gasteiger partial charge >= 0.3 is 0 Å². The van der Waals surface area contributed by atoms with Crippen molar-refractivity contribution in [3.8, 4) is 0 Å². The zero-order chi connectivity index (χ0) is 19.4. The van der Waals surface area contributed by atoms with Crippen molar-refractivity contribution in [2.45, 2.75) is 4.90 Å².